The van der Waals surface area contributed by atoms with Gasteiger partial charge in [-0.2, -0.15) is 0 Å². The van der Waals surface area contributed by atoms with Crippen LogP contribution in [0.4, 0.5) is 0 Å². The molecule has 102 valence electrons. The van der Waals surface area contributed by atoms with Crippen LogP contribution >= 0.6 is 0 Å². The predicted molar refractivity (Wildman–Crippen MR) is 76.6 cm³/mol. The zero-order valence-electron chi connectivity index (χ0n) is 12.4. The molecule has 1 rings (SSSR count). The summed E-state index contributed by atoms with van der Waals surface area (Å²) in [5.74, 6) is 1.62. The van der Waals surface area contributed by atoms with Crippen molar-refractivity contribution in [2.24, 2.45) is 5.41 Å². The summed E-state index contributed by atoms with van der Waals surface area (Å²) in [4.78, 5) is 0. The molecule has 2 nitrogen and oxygen atoms in total. The Morgan fingerprint density at radius 1 is 1.00 bits per heavy atom. The lowest BCUT2D eigenvalue weighted by atomic mass is 9.82. The molecular weight excluding hydrogens is 224 g/mol. The summed E-state index contributed by atoms with van der Waals surface area (Å²) in [5.41, 5.74) is 1.74. The summed E-state index contributed by atoms with van der Waals surface area (Å²) in [6.45, 7) is 6.94. The van der Waals surface area contributed by atoms with Crippen molar-refractivity contribution in [2.75, 3.05) is 14.2 Å². The fourth-order valence-electron chi connectivity index (χ4n) is 2.32. The monoisotopic (exact) mass is 250 g/mol. The van der Waals surface area contributed by atoms with Gasteiger partial charge in [0.05, 0.1) is 14.2 Å². The fourth-order valence-corrected chi connectivity index (χ4v) is 2.32. The van der Waals surface area contributed by atoms with E-state index in [0.29, 0.717) is 5.41 Å². The Labute approximate surface area is 111 Å². The largest absolute Gasteiger partial charge is 0.493 e. The van der Waals surface area contributed by atoms with E-state index in [1.165, 1.54) is 24.8 Å². The molecule has 0 N–H and O–H groups in total. The van der Waals surface area contributed by atoms with Gasteiger partial charge in [0.25, 0.3) is 0 Å². The molecule has 0 radical (unpaired) electrons. The van der Waals surface area contributed by atoms with Crippen molar-refractivity contribution in [3.8, 4) is 11.5 Å². The van der Waals surface area contributed by atoms with E-state index in [4.69, 9.17) is 9.47 Å². The highest BCUT2D eigenvalue weighted by molar-refractivity contribution is 5.42. The van der Waals surface area contributed by atoms with Crippen molar-refractivity contribution in [2.45, 2.75) is 46.5 Å². The minimum absolute atomic E-state index is 0.419. The predicted octanol–water partition coefficient (Wildman–Crippen LogP) is 4.46. The molecule has 0 spiro atoms. The molecule has 0 unspecified atom stereocenters. The molecule has 0 aromatic heterocycles. The SMILES string of the molecule is CCCC(C)(C)CCc1ccc(OC)c(OC)c1. The molecule has 18 heavy (non-hydrogen) atoms. The Hall–Kier alpha value is -1.18. The first kappa shape index (κ1) is 14.9. The van der Waals surface area contributed by atoms with Crippen LogP contribution in [0.25, 0.3) is 0 Å². The van der Waals surface area contributed by atoms with Gasteiger partial charge in [-0.15, -0.1) is 0 Å². The van der Waals surface area contributed by atoms with E-state index >= 15 is 0 Å². The molecule has 0 bridgehead atoms. The summed E-state index contributed by atoms with van der Waals surface area (Å²) in [6.07, 6.45) is 4.82. The maximum Gasteiger partial charge on any atom is 0.160 e. The van der Waals surface area contributed by atoms with E-state index < -0.39 is 0 Å². The van der Waals surface area contributed by atoms with Crippen molar-refractivity contribution in [3.63, 3.8) is 0 Å². The molecule has 0 saturated heterocycles. The number of aryl methyl sites for hydroxylation is 1. The Kier molecular flexibility index (Phi) is 5.52. The summed E-state index contributed by atoms with van der Waals surface area (Å²) < 4.78 is 10.6. The van der Waals surface area contributed by atoms with Crippen molar-refractivity contribution in [1.82, 2.24) is 0 Å². The minimum Gasteiger partial charge on any atom is -0.493 e. The van der Waals surface area contributed by atoms with Gasteiger partial charge in [-0.1, -0.05) is 33.3 Å². The molecule has 0 atom stereocenters. The molecule has 0 fully saturated rings. The molecule has 1 aromatic rings. The number of rotatable bonds is 7. The standard InChI is InChI=1S/C16H26O2/c1-6-10-16(2,3)11-9-13-7-8-14(17-4)15(12-13)18-5/h7-8,12H,6,9-11H2,1-5H3. The third-order valence-corrected chi connectivity index (χ3v) is 3.47. The Balaban J connectivity index is 2.68. The molecule has 2 heteroatoms. The van der Waals surface area contributed by atoms with Crippen LogP contribution in [0.5, 0.6) is 11.5 Å². The average Bonchev–Trinajstić information content (AvgIpc) is 2.36. The quantitative estimate of drug-likeness (QED) is 0.711. The van der Waals surface area contributed by atoms with Crippen LogP contribution < -0.4 is 9.47 Å². The highest BCUT2D eigenvalue weighted by Crippen LogP contribution is 2.31. The van der Waals surface area contributed by atoms with Crippen LogP contribution in [0.15, 0.2) is 18.2 Å². The number of benzene rings is 1. The van der Waals surface area contributed by atoms with Gasteiger partial charge in [0.15, 0.2) is 11.5 Å². The van der Waals surface area contributed by atoms with Gasteiger partial charge in [-0.3, -0.25) is 0 Å². The first-order chi connectivity index (χ1) is 8.52. The zero-order chi connectivity index (χ0) is 13.6. The van der Waals surface area contributed by atoms with Crippen LogP contribution in [-0.2, 0) is 6.42 Å². The van der Waals surface area contributed by atoms with Crippen molar-refractivity contribution in [1.29, 1.82) is 0 Å². The van der Waals surface area contributed by atoms with E-state index in [-0.39, 0.29) is 0 Å². The van der Waals surface area contributed by atoms with Crippen molar-refractivity contribution >= 4 is 0 Å². The molecule has 1 aromatic carbocycles. The Morgan fingerprint density at radius 3 is 2.22 bits per heavy atom. The lowest BCUT2D eigenvalue weighted by Gasteiger charge is -2.24. The van der Waals surface area contributed by atoms with Gasteiger partial charge in [0.2, 0.25) is 0 Å². The van der Waals surface area contributed by atoms with Crippen LogP contribution in [0, 0.1) is 5.41 Å². The average molecular weight is 250 g/mol. The minimum atomic E-state index is 0.419. The Bertz CT molecular complexity index is 369. The third-order valence-electron chi connectivity index (χ3n) is 3.47. The van der Waals surface area contributed by atoms with Crippen LogP contribution in [0.1, 0.15) is 45.6 Å². The molecule has 0 aliphatic heterocycles. The van der Waals surface area contributed by atoms with Gasteiger partial charge in [-0.05, 0) is 42.4 Å². The zero-order valence-corrected chi connectivity index (χ0v) is 12.4. The fraction of sp³-hybridized carbons (Fsp3) is 0.625. The van der Waals surface area contributed by atoms with Crippen LogP contribution in [-0.4, -0.2) is 14.2 Å². The highest BCUT2D eigenvalue weighted by Gasteiger charge is 2.16. The first-order valence-corrected chi connectivity index (χ1v) is 6.73. The van der Waals surface area contributed by atoms with Crippen LogP contribution in [0.2, 0.25) is 0 Å². The normalized spacial score (nSPS) is 11.4. The highest BCUT2D eigenvalue weighted by atomic mass is 16.5. The van der Waals surface area contributed by atoms with E-state index in [0.717, 1.165) is 17.9 Å². The van der Waals surface area contributed by atoms with Gasteiger partial charge in [0.1, 0.15) is 0 Å². The maximum atomic E-state index is 5.33. The van der Waals surface area contributed by atoms with Crippen molar-refractivity contribution < 1.29 is 9.47 Å². The number of ether oxygens (including phenoxy) is 2. The van der Waals surface area contributed by atoms with Gasteiger partial charge < -0.3 is 9.47 Å². The van der Waals surface area contributed by atoms with E-state index in [1.807, 2.05) is 6.07 Å². The maximum absolute atomic E-state index is 5.33. The van der Waals surface area contributed by atoms with E-state index in [1.54, 1.807) is 14.2 Å². The number of methoxy groups -OCH3 is 2. The molecular formula is C16H26O2. The summed E-state index contributed by atoms with van der Waals surface area (Å²) in [7, 11) is 3.35. The van der Waals surface area contributed by atoms with Crippen LogP contribution in [0.3, 0.4) is 0 Å². The summed E-state index contributed by atoms with van der Waals surface area (Å²) >= 11 is 0. The Morgan fingerprint density at radius 2 is 1.67 bits per heavy atom. The first-order valence-electron chi connectivity index (χ1n) is 6.73. The summed E-state index contributed by atoms with van der Waals surface area (Å²) in [5, 5.41) is 0. The van der Waals surface area contributed by atoms with Crippen molar-refractivity contribution in [3.05, 3.63) is 23.8 Å². The molecule has 0 aliphatic carbocycles. The topological polar surface area (TPSA) is 18.5 Å². The number of hydrogen-bond donors (Lipinski definition) is 0. The molecule has 0 aliphatic rings. The van der Waals surface area contributed by atoms with Gasteiger partial charge in [0, 0.05) is 0 Å². The van der Waals surface area contributed by atoms with Gasteiger partial charge in [-0.25, -0.2) is 0 Å². The molecule has 0 heterocycles. The van der Waals surface area contributed by atoms with E-state index in [9.17, 15) is 0 Å². The second-order valence-corrected chi connectivity index (χ2v) is 5.60. The smallest absolute Gasteiger partial charge is 0.160 e. The third kappa shape index (κ3) is 4.25. The molecule has 0 saturated carbocycles. The number of hydrogen-bond acceptors (Lipinski definition) is 2. The van der Waals surface area contributed by atoms with E-state index in [2.05, 4.69) is 32.9 Å². The second kappa shape index (κ2) is 6.67. The molecule has 0 amide bonds. The lowest BCUT2D eigenvalue weighted by Crippen LogP contribution is -2.12. The summed E-state index contributed by atoms with van der Waals surface area (Å²) in [6, 6.07) is 6.20. The second-order valence-electron chi connectivity index (χ2n) is 5.60. The van der Waals surface area contributed by atoms with Gasteiger partial charge >= 0.3 is 0 Å². The lowest BCUT2D eigenvalue weighted by molar-refractivity contribution is 0.304.